The van der Waals surface area contributed by atoms with Crippen LogP contribution in [0.1, 0.15) is 30.4 Å². The average molecular weight is 292 g/mol. The lowest BCUT2D eigenvalue weighted by atomic mass is 10.0. The molecule has 1 aromatic carbocycles. The van der Waals surface area contributed by atoms with Crippen LogP contribution in [0.25, 0.3) is 0 Å². The van der Waals surface area contributed by atoms with E-state index in [1.807, 2.05) is 0 Å². The summed E-state index contributed by atoms with van der Waals surface area (Å²) in [6.45, 7) is 2.22. The number of rotatable bonds is 3. The smallest absolute Gasteiger partial charge is 0.158 e. The van der Waals surface area contributed by atoms with Crippen LogP contribution < -0.4 is 5.73 Å². The van der Waals surface area contributed by atoms with Crippen molar-refractivity contribution in [2.24, 2.45) is 5.73 Å². The van der Waals surface area contributed by atoms with Gasteiger partial charge in [0.1, 0.15) is 0 Å². The van der Waals surface area contributed by atoms with Crippen molar-refractivity contribution in [1.29, 1.82) is 0 Å². The molecule has 3 aliphatic heterocycles. The summed E-state index contributed by atoms with van der Waals surface area (Å²) in [5.41, 5.74) is 8.62. The van der Waals surface area contributed by atoms with E-state index in [9.17, 15) is 8.42 Å². The highest BCUT2D eigenvalue weighted by atomic mass is 32.2. The number of sulfone groups is 1. The maximum Gasteiger partial charge on any atom is 0.158 e. The lowest BCUT2D eigenvalue weighted by Crippen LogP contribution is -2.61. The van der Waals surface area contributed by atoms with Crippen LogP contribution in [0, 0.1) is 0 Å². The van der Waals surface area contributed by atoms with E-state index in [0.717, 1.165) is 25.8 Å². The second-order valence-electron chi connectivity index (χ2n) is 6.62. The van der Waals surface area contributed by atoms with Crippen LogP contribution in [-0.4, -0.2) is 36.9 Å². The van der Waals surface area contributed by atoms with Crippen LogP contribution >= 0.6 is 0 Å². The van der Waals surface area contributed by atoms with E-state index in [4.69, 9.17) is 5.73 Å². The summed E-state index contributed by atoms with van der Waals surface area (Å²) < 4.78 is 23.6. The second-order valence-corrected chi connectivity index (χ2v) is 9.13. The van der Waals surface area contributed by atoms with Crippen molar-refractivity contribution in [1.82, 2.24) is 4.90 Å². The second kappa shape index (κ2) is 4.06. The minimum absolute atomic E-state index is 0.0939. The van der Waals surface area contributed by atoms with Gasteiger partial charge in [0.15, 0.2) is 9.84 Å². The zero-order valence-electron chi connectivity index (χ0n) is 11.5. The standard InChI is InChI=1S/C15H20N2O2S/c16-15(4-5-15)12-3-1-2-11(6-12)8-17-9-13-7-14(10-17)20(13,18)19/h1-3,6,13-14H,4-5,7-10,16H2. The van der Waals surface area contributed by atoms with Gasteiger partial charge in [0.05, 0.1) is 10.5 Å². The summed E-state index contributed by atoms with van der Waals surface area (Å²) in [5.74, 6) is 0. The lowest BCUT2D eigenvalue weighted by Gasteiger charge is -2.46. The first kappa shape index (κ1) is 12.8. The first-order valence-corrected chi connectivity index (χ1v) is 8.92. The lowest BCUT2D eigenvalue weighted by molar-refractivity contribution is 0.201. The Kier molecular flexibility index (Phi) is 2.60. The molecule has 4 nitrogen and oxygen atoms in total. The summed E-state index contributed by atoms with van der Waals surface area (Å²) in [5, 5.41) is -0.234. The molecule has 20 heavy (non-hydrogen) atoms. The zero-order valence-corrected chi connectivity index (χ0v) is 12.3. The molecule has 1 aromatic rings. The number of nitrogens with two attached hydrogens (primary N) is 1. The molecule has 0 radical (unpaired) electrons. The first-order chi connectivity index (χ1) is 9.47. The maximum absolute atomic E-state index is 11.8. The van der Waals surface area contributed by atoms with Gasteiger partial charge in [0.25, 0.3) is 0 Å². The largest absolute Gasteiger partial charge is 0.321 e. The van der Waals surface area contributed by atoms with Crippen molar-refractivity contribution in [2.75, 3.05) is 13.1 Å². The van der Waals surface area contributed by atoms with Crippen LogP contribution in [0.3, 0.4) is 0 Å². The Morgan fingerprint density at radius 3 is 2.55 bits per heavy atom. The average Bonchev–Trinajstić information content (AvgIpc) is 3.19. The van der Waals surface area contributed by atoms with E-state index >= 15 is 0 Å². The fourth-order valence-corrected chi connectivity index (χ4v) is 5.53. The minimum Gasteiger partial charge on any atom is -0.321 e. The highest BCUT2D eigenvalue weighted by Gasteiger charge is 2.51. The van der Waals surface area contributed by atoms with E-state index in [1.54, 1.807) is 0 Å². The van der Waals surface area contributed by atoms with E-state index in [1.165, 1.54) is 11.1 Å². The third kappa shape index (κ3) is 1.91. The summed E-state index contributed by atoms with van der Waals surface area (Å²) >= 11 is 0. The third-order valence-electron chi connectivity index (χ3n) is 5.08. The third-order valence-corrected chi connectivity index (χ3v) is 7.62. The van der Waals surface area contributed by atoms with E-state index in [0.29, 0.717) is 13.1 Å². The molecule has 5 heteroatoms. The summed E-state index contributed by atoms with van der Waals surface area (Å²) in [4.78, 5) is 2.27. The van der Waals surface area contributed by atoms with Crippen molar-refractivity contribution >= 4 is 9.84 Å². The maximum atomic E-state index is 11.8. The quantitative estimate of drug-likeness (QED) is 0.903. The van der Waals surface area contributed by atoms with Gasteiger partial charge in [-0.2, -0.15) is 0 Å². The predicted molar refractivity (Wildman–Crippen MR) is 77.9 cm³/mol. The van der Waals surface area contributed by atoms with Gasteiger partial charge in [-0.25, -0.2) is 8.42 Å². The SMILES string of the molecule is NC1(c2cccc(CN3CC4CC(C3)S4(=O)=O)c2)CC1. The number of benzene rings is 1. The Labute approximate surface area is 119 Å². The topological polar surface area (TPSA) is 63.4 Å². The molecule has 0 aromatic heterocycles. The van der Waals surface area contributed by atoms with Gasteiger partial charge in [-0.3, -0.25) is 4.90 Å². The molecule has 2 atom stereocenters. The molecule has 3 heterocycles. The number of piperidine rings is 1. The predicted octanol–water partition coefficient (Wildman–Crippen LogP) is 1.01. The molecule has 2 N–H and O–H groups in total. The Bertz CT molecular complexity index is 634. The van der Waals surface area contributed by atoms with E-state index < -0.39 is 9.84 Å². The van der Waals surface area contributed by atoms with E-state index in [-0.39, 0.29) is 16.0 Å². The number of nitrogens with zero attached hydrogens (tertiary/aromatic N) is 1. The molecule has 2 unspecified atom stereocenters. The van der Waals surface area contributed by atoms with Gasteiger partial charge >= 0.3 is 0 Å². The minimum atomic E-state index is -2.77. The number of hydrogen-bond donors (Lipinski definition) is 1. The van der Waals surface area contributed by atoms with Crippen LogP contribution in [0.5, 0.6) is 0 Å². The zero-order chi connectivity index (χ0) is 14.0. The monoisotopic (exact) mass is 292 g/mol. The molecule has 4 aliphatic rings. The molecular weight excluding hydrogens is 272 g/mol. The molecule has 0 spiro atoms. The molecule has 4 fully saturated rings. The molecule has 5 rings (SSSR count). The van der Waals surface area contributed by atoms with Crippen molar-refractivity contribution < 1.29 is 8.42 Å². The number of fused-ring (bicyclic) bond motifs is 2. The van der Waals surface area contributed by atoms with Gasteiger partial charge < -0.3 is 5.73 Å². The summed E-state index contributed by atoms with van der Waals surface area (Å²) in [6, 6.07) is 8.49. The molecule has 0 amide bonds. The van der Waals surface area contributed by atoms with Gasteiger partial charge in [-0.1, -0.05) is 24.3 Å². The Hall–Kier alpha value is -0.910. The van der Waals surface area contributed by atoms with Crippen LogP contribution in [0.15, 0.2) is 24.3 Å². The molecule has 3 saturated heterocycles. The first-order valence-electron chi connectivity index (χ1n) is 7.31. The van der Waals surface area contributed by atoms with Crippen LogP contribution in [0.2, 0.25) is 0 Å². The van der Waals surface area contributed by atoms with Crippen LogP contribution in [0.4, 0.5) is 0 Å². The van der Waals surface area contributed by atoms with Crippen molar-refractivity contribution in [3.8, 4) is 0 Å². The van der Waals surface area contributed by atoms with E-state index in [2.05, 4.69) is 29.2 Å². The normalized spacial score (nSPS) is 33.5. The van der Waals surface area contributed by atoms with Gasteiger partial charge in [0.2, 0.25) is 0 Å². The molecular formula is C15H20N2O2S. The Morgan fingerprint density at radius 2 is 1.95 bits per heavy atom. The molecule has 108 valence electrons. The Balaban J connectivity index is 1.48. The highest BCUT2D eigenvalue weighted by Crippen LogP contribution is 2.43. The van der Waals surface area contributed by atoms with Gasteiger partial charge in [0, 0.05) is 25.2 Å². The Morgan fingerprint density at radius 1 is 1.25 bits per heavy atom. The van der Waals surface area contributed by atoms with Gasteiger partial charge in [-0.15, -0.1) is 0 Å². The molecule has 1 saturated carbocycles. The molecule has 2 bridgehead atoms. The molecule has 1 aliphatic carbocycles. The van der Waals surface area contributed by atoms with Crippen molar-refractivity contribution in [3.05, 3.63) is 35.4 Å². The highest BCUT2D eigenvalue weighted by molar-refractivity contribution is 7.94. The summed E-state index contributed by atoms with van der Waals surface area (Å²) in [6.07, 6.45) is 3.01. The van der Waals surface area contributed by atoms with Gasteiger partial charge in [-0.05, 0) is 30.4 Å². The fraction of sp³-hybridized carbons (Fsp3) is 0.600. The fourth-order valence-electron chi connectivity index (χ4n) is 3.51. The number of hydrogen-bond acceptors (Lipinski definition) is 4. The van der Waals surface area contributed by atoms with Crippen molar-refractivity contribution in [2.45, 2.75) is 41.8 Å². The van der Waals surface area contributed by atoms with Crippen LogP contribution in [-0.2, 0) is 21.9 Å². The summed E-state index contributed by atoms with van der Waals surface area (Å²) in [7, 11) is -2.77. The van der Waals surface area contributed by atoms with Crippen molar-refractivity contribution in [3.63, 3.8) is 0 Å².